The Morgan fingerprint density at radius 3 is 0.618 bits per heavy atom. The first-order valence-corrected chi connectivity index (χ1v) is 19.3. The van der Waals surface area contributed by atoms with Crippen LogP contribution in [0.1, 0.15) is 194 Å². The van der Waals surface area contributed by atoms with E-state index in [2.05, 4.69) is 20.8 Å². The van der Waals surface area contributed by atoms with Gasteiger partial charge in [0, 0.05) is 0 Å². The maximum atomic E-state index is 2.32. The molecular weight excluding hydrogens is 423 g/mol. The standard InChI is InChI=1S/3C11H23.Al/c3*1-3-5-7-9-11-10-8-6-4-2;/h3*1,3-11H2,2H3;. The summed E-state index contributed by atoms with van der Waals surface area (Å²) >= 11 is -0.457. The molecule has 0 saturated heterocycles. The van der Waals surface area contributed by atoms with E-state index in [0.29, 0.717) is 0 Å². The van der Waals surface area contributed by atoms with Crippen molar-refractivity contribution >= 4 is 14.1 Å². The second kappa shape index (κ2) is 31.6. The Kier molecular flexibility index (Phi) is 32.1. The van der Waals surface area contributed by atoms with Crippen LogP contribution in [-0.4, -0.2) is 14.1 Å². The van der Waals surface area contributed by atoms with Crippen LogP contribution in [0.15, 0.2) is 0 Å². The van der Waals surface area contributed by atoms with Gasteiger partial charge < -0.3 is 0 Å². The van der Waals surface area contributed by atoms with Crippen LogP contribution in [0.3, 0.4) is 0 Å². The molecule has 34 heavy (non-hydrogen) atoms. The summed E-state index contributed by atoms with van der Waals surface area (Å²) in [6.07, 6.45) is 40.3. The fourth-order valence-electron chi connectivity index (χ4n) is 5.66. The third kappa shape index (κ3) is 28.8. The van der Waals surface area contributed by atoms with Crippen molar-refractivity contribution in [2.45, 2.75) is 210 Å². The van der Waals surface area contributed by atoms with Gasteiger partial charge in [-0.2, -0.15) is 0 Å². The van der Waals surface area contributed by atoms with Crippen LogP contribution in [0.4, 0.5) is 0 Å². The van der Waals surface area contributed by atoms with E-state index in [1.807, 2.05) is 0 Å². The van der Waals surface area contributed by atoms with Gasteiger partial charge in [0.15, 0.2) is 0 Å². The first-order valence-electron chi connectivity index (χ1n) is 16.8. The molecule has 0 aliphatic rings. The minimum absolute atomic E-state index is 0.457. The molecule has 0 saturated carbocycles. The summed E-state index contributed by atoms with van der Waals surface area (Å²) in [6.45, 7) is 6.97. The van der Waals surface area contributed by atoms with Gasteiger partial charge in [-0.1, -0.05) is 210 Å². The third-order valence-electron chi connectivity index (χ3n) is 8.15. The van der Waals surface area contributed by atoms with Gasteiger partial charge in [-0.3, -0.25) is 0 Å². The van der Waals surface area contributed by atoms with Crippen molar-refractivity contribution in [2.75, 3.05) is 0 Å². The van der Waals surface area contributed by atoms with Crippen molar-refractivity contribution in [3.05, 3.63) is 0 Å². The van der Waals surface area contributed by atoms with Crippen LogP contribution in [0.25, 0.3) is 0 Å². The van der Waals surface area contributed by atoms with Gasteiger partial charge in [-0.15, -0.1) is 0 Å². The zero-order valence-electron chi connectivity index (χ0n) is 24.8. The molecule has 0 N–H and O–H groups in total. The first-order chi connectivity index (χ1) is 16.8. The summed E-state index contributed by atoms with van der Waals surface area (Å²) < 4.78 is 0. The van der Waals surface area contributed by atoms with Crippen LogP contribution in [0.2, 0.25) is 15.8 Å². The summed E-state index contributed by atoms with van der Waals surface area (Å²) in [5.41, 5.74) is 0. The Hall–Kier alpha value is 0.532. The van der Waals surface area contributed by atoms with Gasteiger partial charge in [-0.05, 0) is 0 Å². The highest BCUT2D eigenvalue weighted by Crippen LogP contribution is 2.21. The number of hydrogen-bond acceptors (Lipinski definition) is 0. The molecule has 0 fully saturated rings. The molecule has 0 aromatic rings. The molecule has 1 heteroatoms. The lowest BCUT2D eigenvalue weighted by Crippen LogP contribution is -2.12. The molecule has 0 radical (unpaired) electrons. The summed E-state index contributed by atoms with van der Waals surface area (Å²) in [4.78, 5) is 0. The summed E-state index contributed by atoms with van der Waals surface area (Å²) in [6, 6.07) is 0. The molecule has 0 atom stereocenters. The maximum Gasteiger partial charge on any atom is 0.261 e. The summed E-state index contributed by atoms with van der Waals surface area (Å²) in [5.74, 6) is 0. The summed E-state index contributed by atoms with van der Waals surface area (Å²) in [5, 5.41) is 5.01. The molecule has 0 aliphatic carbocycles. The fraction of sp³-hybridized carbons (Fsp3) is 1.00. The molecule has 0 heterocycles. The maximum absolute atomic E-state index is 2.32. The smallest absolute Gasteiger partial charge is 0.0939 e. The molecule has 0 aliphatic heterocycles. The molecule has 204 valence electrons. The lowest BCUT2D eigenvalue weighted by atomic mass is 10.1. The van der Waals surface area contributed by atoms with E-state index >= 15 is 0 Å². The van der Waals surface area contributed by atoms with E-state index in [9.17, 15) is 0 Å². The van der Waals surface area contributed by atoms with Gasteiger partial charge >= 0.3 is 0 Å². The molecule has 0 amide bonds. The molecule has 0 spiro atoms. The minimum atomic E-state index is -0.457. The van der Waals surface area contributed by atoms with Crippen LogP contribution < -0.4 is 0 Å². The van der Waals surface area contributed by atoms with Gasteiger partial charge in [0.05, 0.1) is 0 Å². The van der Waals surface area contributed by atoms with Crippen molar-refractivity contribution in [3.8, 4) is 0 Å². The Morgan fingerprint density at radius 2 is 0.412 bits per heavy atom. The lowest BCUT2D eigenvalue weighted by Gasteiger charge is -2.12. The van der Waals surface area contributed by atoms with Crippen LogP contribution in [0.5, 0.6) is 0 Å². The molecule has 0 aromatic carbocycles. The number of unbranched alkanes of at least 4 members (excludes halogenated alkanes) is 24. The Labute approximate surface area is 223 Å². The lowest BCUT2D eigenvalue weighted by molar-refractivity contribution is 0.566. The Balaban J connectivity index is 3.85. The zero-order valence-corrected chi connectivity index (χ0v) is 25.9. The molecule has 0 rings (SSSR count). The third-order valence-corrected chi connectivity index (χ3v) is 11.8. The van der Waals surface area contributed by atoms with E-state index in [-0.39, 0.29) is 0 Å². The number of hydrogen-bond donors (Lipinski definition) is 0. The van der Waals surface area contributed by atoms with Crippen molar-refractivity contribution in [3.63, 3.8) is 0 Å². The molecule has 0 aromatic heterocycles. The Bertz CT molecular complexity index is 287. The molecule has 0 nitrogen and oxygen atoms in total. The van der Waals surface area contributed by atoms with Gasteiger partial charge in [0.2, 0.25) is 0 Å². The summed E-state index contributed by atoms with van der Waals surface area (Å²) in [7, 11) is 0. The van der Waals surface area contributed by atoms with Gasteiger partial charge in [0.25, 0.3) is 14.1 Å². The van der Waals surface area contributed by atoms with E-state index in [4.69, 9.17) is 0 Å². The first kappa shape index (κ1) is 34.5. The number of rotatable bonds is 30. The monoisotopic (exact) mass is 493 g/mol. The highest BCUT2D eigenvalue weighted by atomic mass is 27.2. The second-order valence-corrected chi connectivity index (χ2v) is 15.2. The van der Waals surface area contributed by atoms with Crippen LogP contribution >= 0.6 is 0 Å². The average Bonchev–Trinajstić information content (AvgIpc) is 2.85. The predicted octanol–water partition coefficient (Wildman–Crippen LogP) is 13.1. The van der Waals surface area contributed by atoms with Crippen molar-refractivity contribution < 1.29 is 0 Å². The van der Waals surface area contributed by atoms with Crippen molar-refractivity contribution in [1.29, 1.82) is 0 Å². The normalized spacial score (nSPS) is 11.4. The minimum Gasteiger partial charge on any atom is -0.0939 e. The van der Waals surface area contributed by atoms with E-state index < -0.39 is 14.1 Å². The highest BCUT2D eigenvalue weighted by Gasteiger charge is 2.15. The molecule has 0 unspecified atom stereocenters. The van der Waals surface area contributed by atoms with E-state index in [0.717, 1.165) is 0 Å². The Morgan fingerprint density at radius 1 is 0.235 bits per heavy atom. The van der Waals surface area contributed by atoms with Crippen LogP contribution in [-0.2, 0) is 0 Å². The van der Waals surface area contributed by atoms with Crippen LogP contribution in [0, 0.1) is 0 Å². The van der Waals surface area contributed by atoms with Crippen molar-refractivity contribution in [1.82, 2.24) is 0 Å². The topological polar surface area (TPSA) is 0 Å². The SMILES string of the molecule is CCCCCCCCCC[CH2][Al]([CH2]CCCCCCCCCC)[CH2]CCCCCCCCCC. The second-order valence-electron chi connectivity index (χ2n) is 11.7. The quantitative estimate of drug-likeness (QED) is 0.0690. The molecular formula is C33H69Al. The van der Waals surface area contributed by atoms with E-state index in [1.54, 1.807) is 35.1 Å². The molecule has 0 bridgehead atoms. The average molecular weight is 493 g/mol. The van der Waals surface area contributed by atoms with E-state index in [1.165, 1.54) is 154 Å². The fourth-order valence-corrected chi connectivity index (χ4v) is 9.13. The van der Waals surface area contributed by atoms with Crippen molar-refractivity contribution in [2.24, 2.45) is 0 Å². The zero-order chi connectivity index (χ0) is 24.8. The van der Waals surface area contributed by atoms with Gasteiger partial charge in [0.1, 0.15) is 0 Å². The highest BCUT2D eigenvalue weighted by molar-refractivity contribution is 6.58. The largest absolute Gasteiger partial charge is 0.261 e. The predicted molar refractivity (Wildman–Crippen MR) is 162 cm³/mol. The van der Waals surface area contributed by atoms with Gasteiger partial charge in [-0.25, -0.2) is 0 Å².